The van der Waals surface area contributed by atoms with E-state index in [0.29, 0.717) is 24.3 Å². The molecule has 0 atom stereocenters. The van der Waals surface area contributed by atoms with Crippen LogP contribution >= 0.6 is 0 Å². The van der Waals surface area contributed by atoms with Gasteiger partial charge in [0.05, 0.1) is 11.8 Å². The topological polar surface area (TPSA) is 58.4 Å². The molecule has 0 radical (unpaired) electrons. The smallest absolute Gasteiger partial charge is 0.277 e. The number of hydrogen-bond acceptors (Lipinski definition) is 3. The minimum atomic E-state index is -0.180. The molecule has 0 bridgehead atoms. The van der Waals surface area contributed by atoms with Crippen molar-refractivity contribution in [3.05, 3.63) is 77.1 Å². The van der Waals surface area contributed by atoms with E-state index in [4.69, 9.17) is 0 Å². The van der Waals surface area contributed by atoms with E-state index in [9.17, 15) is 9.59 Å². The standard InChI is InChI=1S/C22H20N4O2/c1-24-20(22(28)26-13-11-16-7-3-5-9-19(16)26)17(14-23-24)21(27)25-12-10-15-6-2-4-8-18(15)25/h2-9,14H,10-13H2,1H3. The van der Waals surface area contributed by atoms with Crippen molar-refractivity contribution in [2.45, 2.75) is 12.8 Å². The summed E-state index contributed by atoms with van der Waals surface area (Å²) in [4.78, 5) is 30.2. The fraction of sp³-hybridized carbons (Fsp3) is 0.227. The summed E-state index contributed by atoms with van der Waals surface area (Å²) in [5.74, 6) is -0.352. The Morgan fingerprint density at radius 2 is 1.36 bits per heavy atom. The maximum absolute atomic E-state index is 13.4. The molecule has 28 heavy (non-hydrogen) atoms. The maximum atomic E-state index is 13.4. The summed E-state index contributed by atoms with van der Waals surface area (Å²) in [5, 5.41) is 4.24. The van der Waals surface area contributed by atoms with Crippen LogP contribution in [0, 0.1) is 0 Å². The van der Waals surface area contributed by atoms with E-state index in [1.165, 1.54) is 10.9 Å². The van der Waals surface area contributed by atoms with Crippen molar-refractivity contribution in [3.63, 3.8) is 0 Å². The van der Waals surface area contributed by atoms with Crippen LogP contribution in [-0.2, 0) is 19.9 Å². The number of benzene rings is 2. The fourth-order valence-electron chi connectivity index (χ4n) is 4.22. The molecular formula is C22H20N4O2. The van der Waals surface area contributed by atoms with Gasteiger partial charge in [0.2, 0.25) is 0 Å². The molecule has 1 aromatic heterocycles. The van der Waals surface area contributed by atoms with E-state index in [1.807, 2.05) is 48.5 Å². The summed E-state index contributed by atoms with van der Waals surface area (Å²) in [7, 11) is 1.71. The normalized spacial score (nSPS) is 14.9. The Balaban J connectivity index is 1.51. The highest BCUT2D eigenvalue weighted by molar-refractivity contribution is 6.16. The molecule has 5 rings (SSSR count). The molecule has 6 nitrogen and oxygen atoms in total. The van der Waals surface area contributed by atoms with Crippen LogP contribution in [0.3, 0.4) is 0 Å². The van der Waals surface area contributed by atoms with Crippen LogP contribution in [0.25, 0.3) is 0 Å². The molecule has 2 aliphatic rings. The molecule has 3 aromatic rings. The van der Waals surface area contributed by atoms with Crippen molar-refractivity contribution in [2.75, 3.05) is 22.9 Å². The zero-order valence-corrected chi connectivity index (χ0v) is 15.6. The van der Waals surface area contributed by atoms with Crippen LogP contribution in [0.2, 0.25) is 0 Å². The molecular weight excluding hydrogens is 352 g/mol. The number of fused-ring (bicyclic) bond motifs is 2. The molecule has 0 unspecified atom stereocenters. The summed E-state index contributed by atoms with van der Waals surface area (Å²) >= 11 is 0. The Morgan fingerprint density at radius 3 is 1.96 bits per heavy atom. The van der Waals surface area contributed by atoms with E-state index in [2.05, 4.69) is 5.10 Å². The van der Waals surface area contributed by atoms with Crippen LogP contribution < -0.4 is 9.80 Å². The molecule has 6 heteroatoms. The summed E-state index contributed by atoms with van der Waals surface area (Å²) in [5.41, 5.74) is 4.83. The molecule has 3 heterocycles. The first-order valence-electron chi connectivity index (χ1n) is 9.46. The first-order valence-corrected chi connectivity index (χ1v) is 9.46. The van der Waals surface area contributed by atoms with Crippen LogP contribution in [-0.4, -0.2) is 34.7 Å². The molecule has 0 saturated heterocycles. The number of anilines is 2. The average Bonchev–Trinajstić information content (AvgIpc) is 3.43. The van der Waals surface area contributed by atoms with Gasteiger partial charge in [-0.2, -0.15) is 5.10 Å². The van der Waals surface area contributed by atoms with Gasteiger partial charge in [-0.05, 0) is 36.1 Å². The van der Waals surface area contributed by atoms with E-state index in [1.54, 1.807) is 16.8 Å². The van der Waals surface area contributed by atoms with Crippen molar-refractivity contribution >= 4 is 23.2 Å². The molecule has 0 fully saturated rings. The lowest BCUT2D eigenvalue weighted by atomic mass is 10.1. The minimum Gasteiger partial charge on any atom is -0.308 e. The number of para-hydroxylation sites is 2. The zero-order chi connectivity index (χ0) is 19.3. The second-order valence-corrected chi connectivity index (χ2v) is 7.20. The van der Waals surface area contributed by atoms with Crippen LogP contribution in [0.1, 0.15) is 32.0 Å². The molecule has 2 aromatic carbocycles. The van der Waals surface area contributed by atoms with Crippen molar-refractivity contribution in [1.82, 2.24) is 9.78 Å². The highest BCUT2D eigenvalue weighted by Gasteiger charge is 2.34. The van der Waals surface area contributed by atoms with Gasteiger partial charge in [-0.25, -0.2) is 0 Å². The Labute approximate surface area is 163 Å². The third-order valence-corrected chi connectivity index (χ3v) is 5.64. The predicted molar refractivity (Wildman–Crippen MR) is 107 cm³/mol. The van der Waals surface area contributed by atoms with Crippen LogP contribution in [0.15, 0.2) is 54.7 Å². The Hall–Kier alpha value is -3.41. The quantitative estimate of drug-likeness (QED) is 0.695. The number of carbonyl (C=O) groups is 2. The number of rotatable bonds is 2. The molecule has 2 amide bonds. The summed E-state index contributed by atoms with van der Waals surface area (Å²) in [6.45, 7) is 1.23. The molecule has 0 spiro atoms. The number of aryl methyl sites for hydroxylation is 1. The summed E-state index contributed by atoms with van der Waals surface area (Å²) < 4.78 is 1.51. The van der Waals surface area contributed by atoms with E-state index < -0.39 is 0 Å². The van der Waals surface area contributed by atoms with Gasteiger partial charge in [0.1, 0.15) is 5.69 Å². The fourth-order valence-corrected chi connectivity index (χ4v) is 4.22. The van der Waals surface area contributed by atoms with Crippen LogP contribution in [0.4, 0.5) is 11.4 Å². The lowest BCUT2D eigenvalue weighted by Gasteiger charge is -2.20. The summed E-state index contributed by atoms with van der Waals surface area (Å²) in [6, 6.07) is 15.8. The Bertz CT molecular complexity index is 1100. The van der Waals surface area contributed by atoms with Crippen molar-refractivity contribution in [3.8, 4) is 0 Å². The number of nitrogens with zero attached hydrogens (tertiary/aromatic N) is 4. The number of carbonyl (C=O) groups excluding carboxylic acids is 2. The molecule has 2 aliphatic heterocycles. The third kappa shape index (κ3) is 2.45. The first kappa shape index (κ1) is 16.7. The Morgan fingerprint density at radius 1 is 0.821 bits per heavy atom. The second-order valence-electron chi connectivity index (χ2n) is 7.20. The van der Waals surface area contributed by atoms with Gasteiger partial charge in [0.25, 0.3) is 11.8 Å². The van der Waals surface area contributed by atoms with Gasteiger partial charge in [0.15, 0.2) is 0 Å². The lowest BCUT2D eigenvalue weighted by Crippen LogP contribution is -2.35. The second kappa shape index (κ2) is 6.34. The van der Waals surface area contributed by atoms with Gasteiger partial charge in [-0.1, -0.05) is 36.4 Å². The molecule has 0 aliphatic carbocycles. The highest BCUT2D eigenvalue weighted by Crippen LogP contribution is 2.32. The number of aromatic nitrogens is 2. The van der Waals surface area contributed by atoms with E-state index in [0.717, 1.165) is 35.3 Å². The SMILES string of the molecule is Cn1ncc(C(=O)N2CCc3ccccc32)c1C(=O)N1CCc2ccccc21. The van der Waals surface area contributed by atoms with Gasteiger partial charge in [-0.15, -0.1) is 0 Å². The van der Waals surface area contributed by atoms with Crippen molar-refractivity contribution < 1.29 is 9.59 Å². The molecule has 140 valence electrons. The third-order valence-electron chi connectivity index (χ3n) is 5.64. The van der Waals surface area contributed by atoms with Gasteiger partial charge >= 0.3 is 0 Å². The monoisotopic (exact) mass is 372 g/mol. The Kier molecular flexibility index (Phi) is 3.79. The largest absolute Gasteiger partial charge is 0.308 e. The van der Waals surface area contributed by atoms with Crippen molar-refractivity contribution in [1.29, 1.82) is 0 Å². The average molecular weight is 372 g/mol. The first-order chi connectivity index (χ1) is 13.6. The minimum absolute atomic E-state index is 0.172. The van der Waals surface area contributed by atoms with Gasteiger partial charge < -0.3 is 9.80 Å². The van der Waals surface area contributed by atoms with Gasteiger partial charge in [-0.3, -0.25) is 14.3 Å². The van der Waals surface area contributed by atoms with Crippen LogP contribution in [0.5, 0.6) is 0 Å². The highest BCUT2D eigenvalue weighted by atomic mass is 16.2. The molecule has 0 N–H and O–H groups in total. The zero-order valence-electron chi connectivity index (χ0n) is 15.6. The van der Waals surface area contributed by atoms with E-state index in [-0.39, 0.29) is 11.8 Å². The van der Waals surface area contributed by atoms with E-state index >= 15 is 0 Å². The number of amides is 2. The lowest BCUT2D eigenvalue weighted by molar-refractivity contribution is 0.0951. The summed E-state index contributed by atoms with van der Waals surface area (Å²) in [6.07, 6.45) is 3.16. The van der Waals surface area contributed by atoms with Gasteiger partial charge in [0, 0.05) is 31.5 Å². The van der Waals surface area contributed by atoms with Crippen molar-refractivity contribution in [2.24, 2.45) is 7.05 Å². The maximum Gasteiger partial charge on any atom is 0.277 e. The number of hydrogen-bond donors (Lipinski definition) is 0. The predicted octanol–water partition coefficient (Wildman–Crippen LogP) is 2.83. The molecule has 0 saturated carbocycles.